The van der Waals surface area contributed by atoms with E-state index in [4.69, 9.17) is 9.47 Å². The van der Waals surface area contributed by atoms with E-state index in [1.807, 2.05) is 27.8 Å². The number of hydrogen-bond acceptors (Lipinski definition) is 5. The van der Waals surface area contributed by atoms with Crippen molar-refractivity contribution in [1.29, 1.82) is 0 Å². The first-order valence-corrected chi connectivity index (χ1v) is 6.45. The van der Waals surface area contributed by atoms with E-state index in [9.17, 15) is 4.79 Å². The number of nitrogens with one attached hydrogen (secondary N) is 1. The van der Waals surface area contributed by atoms with E-state index >= 15 is 0 Å². The Morgan fingerprint density at radius 3 is 2.63 bits per heavy atom. The summed E-state index contributed by atoms with van der Waals surface area (Å²) in [5, 5.41) is 3.03. The summed E-state index contributed by atoms with van der Waals surface area (Å²) in [6.07, 6.45) is 1.61. The van der Waals surface area contributed by atoms with Gasteiger partial charge in [0.15, 0.2) is 5.78 Å². The fourth-order valence-corrected chi connectivity index (χ4v) is 1.38. The van der Waals surface area contributed by atoms with Gasteiger partial charge >= 0.3 is 0 Å². The third kappa shape index (κ3) is 5.70. The van der Waals surface area contributed by atoms with Gasteiger partial charge in [-0.3, -0.25) is 4.79 Å². The number of nitrogens with zero attached hydrogens (tertiary/aromatic N) is 1. The van der Waals surface area contributed by atoms with E-state index in [0.29, 0.717) is 11.6 Å². The second-order valence-corrected chi connectivity index (χ2v) is 4.73. The average molecular weight is 266 g/mol. The normalized spacial score (nSPS) is 12.3. The zero-order valence-electron chi connectivity index (χ0n) is 12.0. The molecule has 19 heavy (non-hydrogen) atoms. The minimum Gasteiger partial charge on any atom is -0.484 e. The van der Waals surface area contributed by atoms with Crippen LogP contribution in [0, 0.1) is 5.92 Å². The molecule has 1 aromatic rings. The predicted octanol–water partition coefficient (Wildman–Crippen LogP) is 1.67. The number of carbonyl (C=O) groups excluding carboxylic acids is 1. The first-order valence-electron chi connectivity index (χ1n) is 6.45. The molecule has 106 valence electrons. The van der Waals surface area contributed by atoms with E-state index in [1.165, 1.54) is 0 Å². The van der Waals surface area contributed by atoms with Gasteiger partial charge in [0.05, 0.1) is 6.20 Å². The molecule has 0 radical (unpaired) electrons. The van der Waals surface area contributed by atoms with Crippen molar-refractivity contribution in [3.8, 4) is 11.6 Å². The summed E-state index contributed by atoms with van der Waals surface area (Å²) >= 11 is 0. The molecule has 1 rings (SSSR count). The second-order valence-electron chi connectivity index (χ2n) is 4.73. The molecular formula is C14H22N2O3. The number of hydrogen-bond donors (Lipinski definition) is 1. The quantitative estimate of drug-likeness (QED) is 0.775. The second kappa shape index (κ2) is 7.74. The van der Waals surface area contributed by atoms with Crippen LogP contribution in [0.1, 0.15) is 20.8 Å². The topological polar surface area (TPSA) is 60.5 Å². The lowest BCUT2D eigenvalue weighted by molar-refractivity contribution is -0.123. The Labute approximate surface area is 114 Å². The van der Waals surface area contributed by atoms with Crippen LogP contribution in [0.2, 0.25) is 0 Å². The van der Waals surface area contributed by atoms with Gasteiger partial charge in [0.2, 0.25) is 5.88 Å². The van der Waals surface area contributed by atoms with E-state index in [2.05, 4.69) is 10.3 Å². The zero-order valence-corrected chi connectivity index (χ0v) is 12.0. The molecule has 0 aromatic carbocycles. The fraction of sp³-hybridized carbons (Fsp3) is 0.571. The molecule has 5 heteroatoms. The third-order valence-electron chi connectivity index (χ3n) is 2.55. The van der Waals surface area contributed by atoms with Crippen LogP contribution in [-0.4, -0.2) is 37.1 Å². The molecule has 1 heterocycles. The molecule has 0 saturated carbocycles. The Hall–Kier alpha value is -1.62. The highest BCUT2D eigenvalue weighted by Gasteiger charge is 2.08. The largest absolute Gasteiger partial charge is 0.484 e. The fourth-order valence-electron chi connectivity index (χ4n) is 1.38. The number of aromatic nitrogens is 1. The summed E-state index contributed by atoms with van der Waals surface area (Å²) in [5.41, 5.74) is 0. The van der Waals surface area contributed by atoms with Crippen LogP contribution in [0.5, 0.6) is 11.6 Å². The van der Waals surface area contributed by atoms with Gasteiger partial charge in [-0.1, -0.05) is 13.8 Å². The lowest BCUT2D eigenvalue weighted by Crippen LogP contribution is -2.26. The van der Waals surface area contributed by atoms with Gasteiger partial charge < -0.3 is 14.8 Å². The van der Waals surface area contributed by atoms with Gasteiger partial charge in [-0.05, 0) is 20.0 Å². The molecule has 0 amide bonds. The van der Waals surface area contributed by atoms with E-state index in [1.54, 1.807) is 18.3 Å². The van der Waals surface area contributed by atoms with Crippen molar-refractivity contribution in [2.24, 2.45) is 5.92 Å². The molecule has 1 atom stereocenters. The molecule has 0 saturated heterocycles. The first-order chi connectivity index (χ1) is 9.02. The van der Waals surface area contributed by atoms with E-state index in [0.717, 1.165) is 6.54 Å². The maximum Gasteiger partial charge on any atom is 0.213 e. The van der Waals surface area contributed by atoms with Crippen LogP contribution in [0.3, 0.4) is 0 Å². The van der Waals surface area contributed by atoms with Crippen LogP contribution in [-0.2, 0) is 4.79 Å². The molecular weight excluding hydrogens is 244 g/mol. The Morgan fingerprint density at radius 2 is 2.11 bits per heavy atom. The van der Waals surface area contributed by atoms with Gasteiger partial charge in [-0.2, -0.15) is 0 Å². The van der Waals surface area contributed by atoms with Crippen molar-refractivity contribution in [3.05, 3.63) is 18.3 Å². The van der Waals surface area contributed by atoms with Crippen LogP contribution in [0.4, 0.5) is 0 Å². The number of carbonyl (C=O) groups is 1. The van der Waals surface area contributed by atoms with Crippen molar-refractivity contribution in [3.63, 3.8) is 0 Å². The summed E-state index contributed by atoms with van der Waals surface area (Å²) in [5.74, 6) is 1.17. The Bertz CT molecular complexity index is 390. The van der Waals surface area contributed by atoms with Gasteiger partial charge in [-0.25, -0.2) is 4.98 Å². The highest BCUT2D eigenvalue weighted by atomic mass is 16.5. The highest BCUT2D eigenvalue weighted by Crippen LogP contribution is 2.15. The number of rotatable bonds is 8. The molecule has 1 aromatic heterocycles. The van der Waals surface area contributed by atoms with Crippen LogP contribution >= 0.6 is 0 Å². The molecule has 0 bridgehead atoms. The third-order valence-corrected chi connectivity index (χ3v) is 2.55. The monoisotopic (exact) mass is 266 g/mol. The molecule has 5 nitrogen and oxygen atoms in total. The van der Waals surface area contributed by atoms with Crippen LogP contribution in [0.25, 0.3) is 0 Å². The molecule has 0 fully saturated rings. The molecule has 0 aliphatic carbocycles. The first kappa shape index (κ1) is 15.4. The van der Waals surface area contributed by atoms with Crippen molar-refractivity contribution in [1.82, 2.24) is 10.3 Å². The standard InChI is InChI=1S/C14H22N2O3/c1-10(2)13(17)9-18-12-5-6-14(16-8-12)19-11(3)7-15-4/h5-6,8,10-11,15H,7,9H2,1-4H3/t11-/m0/s1. The molecule has 0 aliphatic heterocycles. The van der Waals surface area contributed by atoms with Crippen molar-refractivity contribution in [2.75, 3.05) is 20.2 Å². The molecule has 0 unspecified atom stereocenters. The summed E-state index contributed by atoms with van der Waals surface area (Å²) in [6, 6.07) is 3.49. The Kier molecular flexibility index (Phi) is 6.29. The average Bonchev–Trinajstić information content (AvgIpc) is 2.37. The summed E-state index contributed by atoms with van der Waals surface area (Å²) < 4.78 is 10.9. The number of pyridine rings is 1. The Balaban J connectivity index is 2.45. The smallest absolute Gasteiger partial charge is 0.213 e. The summed E-state index contributed by atoms with van der Waals surface area (Å²) in [6.45, 7) is 6.50. The number of Topliss-reactive ketones (excluding diaryl/α,β-unsaturated/α-hetero) is 1. The lowest BCUT2D eigenvalue weighted by Gasteiger charge is -2.13. The summed E-state index contributed by atoms with van der Waals surface area (Å²) in [7, 11) is 1.87. The van der Waals surface area contributed by atoms with Gasteiger partial charge in [0.1, 0.15) is 18.5 Å². The maximum absolute atomic E-state index is 11.4. The number of likely N-dealkylation sites (N-methyl/N-ethyl adjacent to an activating group) is 1. The predicted molar refractivity (Wildman–Crippen MR) is 73.6 cm³/mol. The minimum absolute atomic E-state index is 0.0158. The van der Waals surface area contributed by atoms with Crippen LogP contribution in [0.15, 0.2) is 18.3 Å². The van der Waals surface area contributed by atoms with Crippen molar-refractivity contribution < 1.29 is 14.3 Å². The zero-order chi connectivity index (χ0) is 14.3. The summed E-state index contributed by atoms with van der Waals surface area (Å²) in [4.78, 5) is 15.6. The Morgan fingerprint density at radius 1 is 1.37 bits per heavy atom. The number of ether oxygens (including phenoxy) is 2. The lowest BCUT2D eigenvalue weighted by atomic mass is 10.1. The molecule has 0 aliphatic rings. The SMILES string of the molecule is CNC[C@H](C)Oc1ccc(OCC(=O)C(C)C)cn1. The molecule has 1 N–H and O–H groups in total. The maximum atomic E-state index is 11.4. The molecule has 0 spiro atoms. The van der Waals surface area contributed by atoms with Crippen molar-refractivity contribution >= 4 is 5.78 Å². The highest BCUT2D eigenvalue weighted by molar-refractivity contribution is 5.81. The van der Waals surface area contributed by atoms with Gasteiger partial charge in [0.25, 0.3) is 0 Å². The van der Waals surface area contributed by atoms with Gasteiger partial charge in [-0.15, -0.1) is 0 Å². The van der Waals surface area contributed by atoms with Crippen molar-refractivity contribution in [2.45, 2.75) is 26.9 Å². The minimum atomic E-state index is -0.0158. The number of ketones is 1. The van der Waals surface area contributed by atoms with E-state index in [-0.39, 0.29) is 24.4 Å². The van der Waals surface area contributed by atoms with E-state index < -0.39 is 0 Å². The van der Waals surface area contributed by atoms with Gasteiger partial charge in [0, 0.05) is 18.5 Å². The van der Waals surface area contributed by atoms with Crippen LogP contribution < -0.4 is 14.8 Å².